The maximum Gasteiger partial charge on any atom is 0.416 e. The van der Waals surface area contributed by atoms with Crippen LogP contribution in [0.2, 0.25) is 5.15 Å². The van der Waals surface area contributed by atoms with Crippen molar-refractivity contribution in [3.8, 4) is 11.1 Å². The standard InChI is InChI=1S/C12H7ClF3N/c13-11-6-3-9(7-17-11)8-1-4-10(5-2-8)12(14,15)16/h1-7H. The molecule has 1 heterocycles. The third-order valence-electron chi connectivity index (χ3n) is 2.27. The van der Waals surface area contributed by atoms with Crippen molar-refractivity contribution in [3.63, 3.8) is 0 Å². The van der Waals surface area contributed by atoms with Crippen molar-refractivity contribution < 1.29 is 13.2 Å². The molecule has 0 fully saturated rings. The van der Waals surface area contributed by atoms with Crippen LogP contribution >= 0.6 is 11.6 Å². The largest absolute Gasteiger partial charge is 0.416 e. The van der Waals surface area contributed by atoms with Crippen molar-refractivity contribution in [2.75, 3.05) is 0 Å². The van der Waals surface area contributed by atoms with Crippen LogP contribution in [-0.4, -0.2) is 4.98 Å². The molecule has 5 heteroatoms. The Kier molecular flexibility index (Phi) is 3.07. The normalized spacial score (nSPS) is 11.5. The monoisotopic (exact) mass is 257 g/mol. The zero-order chi connectivity index (χ0) is 12.5. The minimum absolute atomic E-state index is 0.348. The summed E-state index contributed by atoms with van der Waals surface area (Å²) in [4.78, 5) is 3.87. The van der Waals surface area contributed by atoms with Crippen LogP contribution in [0.5, 0.6) is 0 Å². The van der Waals surface area contributed by atoms with Crippen LogP contribution in [0.15, 0.2) is 42.6 Å². The highest BCUT2D eigenvalue weighted by molar-refractivity contribution is 6.29. The average molecular weight is 258 g/mol. The molecule has 0 aliphatic rings. The number of benzene rings is 1. The van der Waals surface area contributed by atoms with Crippen LogP contribution in [0.4, 0.5) is 13.2 Å². The second kappa shape index (κ2) is 4.37. The zero-order valence-corrected chi connectivity index (χ0v) is 9.26. The Hall–Kier alpha value is -1.55. The lowest BCUT2D eigenvalue weighted by Gasteiger charge is -2.07. The lowest BCUT2D eigenvalue weighted by Crippen LogP contribution is -2.03. The number of hydrogen-bond donors (Lipinski definition) is 0. The van der Waals surface area contributed by atoms with Gasteiger partial charge in [-0.15, -0.1) is 0 Å². The first-order valence-corrected chi connectivity index (χ1v) is 5.14. The molecular weight excluding hydrogens is 251 g/mol. The fourth-order valence-electron chi connectivity index (χ4n) is 1.40. The summed E-state index contributed by atoms with van der Waals surface area (Å²) < 4.78 is 37.0. The molecule has 1 nitrogen and oxygen atoms in total. The Balaban J connectivity index is 2.33. The molecule has 0 N–H and O–H groups in total. The van der Waals surface area contributed by atoms with Gasteiger partial charge in [0.1, 0.15) is 5.15 Å². The van der Waals surface area contributed by atoms with Gasteiger partial charge in [0.25, 0.3) is 0 Å². The van der Waals surface area contributed by atoms with Gasteiger partial charge in [-0.05, 0) is 29.8 Å². The van der Waals surface area contributed by atoms with Crippen molar-refractivity contribution in [2.24, 2.45) is 0 Å². The van der Waals surface area contributed by atoms with Crippen molar-refractivity contribution >= 4 is 11.6 Å². The van der Waals surface area contributed by atoms with E-state index < -0.39 is 11.7 Å². The fraction of sp³-hybridized carbons (Fsp3) is 0.0833. The highest BCUT2D eigenvalue weighted by Gasteiger charge is 2.29. The molecule has 0 saturated carbocycles. The molecule has 0 bridgehead atoms. The Labute approximate surface area is 101 Å². The van der Waals surface area contributed by atoms with E-state index in [-0.39, 0.29) is 0 Å². The van der Waals surface area contributed by atoms with Gasteiger partial charge in [-0.25, -0.2) is 4.98 Å². The van der Waals surface area contributed by atoms with Gasteiger partial charge in [0.05, 0.1) is 5.56 Å². The van der Waals surface area contributed by atoms with Crippen LogP contribution in [0.1, 0.15) is 5.56 Å². The molecule has 0 unspecified atom stereocenters. The topological polar surface area (TPSA) is 12.9 Å². The van der Waals surface area contributed by atoms with Crippen molar-refractivity contribution in [3.05, 3.63) is 53.3 Å². The van der Waals surface area contributed by atoms with E-state index in [0.29, 0.717) is 10.7 Å². The molecule has 0 atom stereocenters. The van der Waals surface area contributed by atoms with Gasteiger partial charge in [-0.1, -0.05) is 23.7 Å². The molecule has 1 aromatic carbocycles. The summed E-state index contributed by atoms with van der Waals surface area (Å²) >= 11 is 5.62. The summed E-state index contributed by atoms with van der Waals surface area (Å²) in [6.07, 6.45) is -2.79. The van der Waals surface area contributed by atoms with Crippen LogP contribution in [0.25, 0.3) is 11.1 Å². The summed E-state index contributed by atoms with van der Waals surface area (Å²) in [6, 6.07) is 8.21. The zero-order valence-electron chi connectivity index (χ0n) is 8.50. The summed E-state index contributed by atoms with van der Waals surface area (Å²) in [7, 11) is 0. The maximum absolute atomic E-state index is 12.3. The summed E-state index contributed by atoms with van der Waals surface area (Å²) in [6.45, 7) is 0. The van der Waals surface area contributed by atoms with E-state index >= 15 is 0 Å². The van der Waals surface area contributed by atoms with E-state index in [1.807, 2.05) is 0 Å². The minimum atomic E-state index is -4.31. The Morgan fingerprint density at radius 1 is 0.882 bits per heavy atom. The Bertz CT molecular complexity index is 503. The second-order valence-electron chi connectivity index (χ2n) is 3.44. The first-order valence-electron chi connectivity index (χ1n) is 4.76. The summed E-state index contributed by atoms with van der Waals surface area (Å²) in [5.41, 5.74) is 0.730. The van der Waals surface area contributed by atoms with E-state index in [2.05, 4.69) is 4.98 Å². The van der Waals surface area contributed by atoms with E-state index in [9.17, 15) is 13.2 Å². The number of nitrogens with zero attached hydrogens (tertiary/aromatic N) is 1. The Morgan fingerprint density at radius 2 is 1.47 bits per heavy atom. The molecule has 0 amide bonds. The van der Waals surface area contributed by atoms with E-state index in [1.165, 1.54) is 18.3 Å². The van der Waals surface area contributed by atoms with Gasteiger partial charge in [0.15, 0.2) is 0 Å². The highest BCUT2D eigenvalue weighted by atomic mass is 35.5. The van der Waals surface area contributed by atoms with Gasteiger partial charge in [-0.2, -0.15) is 13.2 Å². The average Bonchev–Trinajstić information content (AvgIpc) is 2.29. The number of halogens is 4. The third-order valence-corrected chi connectivity index (χ3v) is 2.50. The Morgan fingerprint density at radius 3 is 1.94 bits per heavy atom. The molecule has 0 spiro atoms. The van der Waals surface area contributed by atoms with Gasteiger partial charge < -0.3 is 0 Å². The molecule has 0 aliphatic heterocycles. The predicted octanol–water partition coefficient (Wildman–Crippen LogP) is 4.42. The first-order chi connectivity index (χ1) is 7.97. The van der Waals surface area contributed by atoms with Crippen molar-refractivity contribution in [2.45, 2.75) is 6.18 Å². The van der Waals surface area contributed by atoms with Gasteiger partial charge in [0, 0.05) is 11.8 Å². The molecule has 88 valence electrons. The molecule has 0 radical (unpaired) electrons. The number of aromatic nitrogens is 1. The maximum atomic E-state index is 12.3. The third kappa shape index (κ3) is 2.77. The lowest BCUT2D eigenvalue weighted by molar-refractivity contribution is -0.137. The second-order valence-corrected chi connectivity index (χ2v) is 3.83. The molecular formula is C12H7ClF3N. The molecule has 0 aliphatic carbocycles. The SMILES string of the molecule is FC(F)(F)c1ccc(-c2ccc(Cl)nc2)cc1. The van der Waals surface area contributed by atoms with Crippen molar-refractivity contribution in [1.82, 2.24) is 4.98 Å². The highest BCUT2D eigenvalue weighted by Crippen LogP contribution is 2.30. The molecule has 17 heavy (non-hydrogen) atoms. The van der Waals surface area contributed by atoms with Crippen molar-refractivity contribution in [1.29, 1.82) is 0 Å². The number of rotatable bonds is 1. The summed E-state index contributed by atoms with van der Waals surface area (Å²) in [5, 5.41) is 0.348. The number of hydrogen-bond acceptors (Lipinski definition) is 1. The lowest BCUT2D eigenvalue weighted by atomic mass is 10.1. The van der Waals surface area contributed by atoms with Gasteiger partial charge in [-0.3, -0.25) is 0 Å². The summed E-state index contributed by atoms with van der Waals surface area (Å²) in [5.74, 6) is 0. The van der Waals surface area contributed by atoms with Crippen LogP contribution < -0.4 is 0 Å². The predicted molar refractivity (Wildman–Crippen MR) is 59.7 cm³/mol. The van der Waals surface area contributed by atoms with Crippen LogP contribution in [-0.2, 0) is 6.18 Å². The van der Waals surface area contributed by atoms with E-state index in [4.69, 9.17) is 11.6 Å². The fourth-order valence-corrected chi connectivity index (χ4v) is 1.51. The van der Waals surface area contributed by atoms with E-state index in [0.717, 1.165) is 17.7 Å². The van der Waals surface area contributed by atoms with Gasteiger partial charge >= 0.3 is 6.18 Å². The van der Waals surface area contributed by atoms with Crippen LogP contribution in [0.3, 0.4) is 0 Å². The molecule has 2 rings (SSSR count). The van der Waals surface area contributed by atoms with Crippen LogP contribution in [0, 0.1) is 0 Å². The molecule has 2 aromatic rings. The molecule has 0 saturated heterocycles. The quantitative estimate of drug-likeness (QED) is 0.689. The molecule has 1 aromatic heterocycles. The number of alkyl halides is 3. The van der Waals surface area contributed by atoms with Gasteiger partial charge in [0.2, 0.25) is 0 Å². The number of pyridine rings is 1. The smallest absolute Gasteiger partial charge is 0.244 e. The first kappa shape index (κ1) is 11.9. The van der Waals surface area contributed by atoms with E-state index in [1.54, 1.807) is 12.1 Å². The minimum Gasteiger partial charge on any atom is -0.244 e.